The normalized spacial score (nSPS) is 21.5. The fourth-order valence-electron chi connectivity index (χ4n) is 2.38. The van der Waals surface area contributed by atoms with Gasteiger partial charge in [0.05, 0.1) is 0 Å². The van der Waals surface area contributed by atoms with Gasteiger partial charge in [-0.05, 0) is 40.5 Å². The number of nitrogens with one attached hydrogen (secondary N) is 1. The van der Waals surface area contributed by atoms with Crippen molar-refractivity contribution in [2.24, 2.45) is 0 Å². The molecule has 2 unspecified atom stereocenters. The summed E-state index contributed by atoms with van der Waals surface area (Å²) < 4.78 is 5.40. The number of hydrogen-bond acceptors (Lipinski definition) is 3. The highest BCUT2D eigenvalue weighted by atomic mass is 16.6. The topological polar surface area (TPSA) is 41.6 Å². The Labute approximate surface area is 117 Å². The first-order valence-corrected chi connectivity index (χ1v) is 7.55. The van der Waals surface area contributed by atoms with Crippen molar-refractivity contribution in [3.63, 3.8) is 0 Å². The van der Waals surface area contributed by atoms with Crippen molar-refractivity contribution in [1.82, 2.24) is 10.2 Å². The Bertz CT molecular complexity index is 286. The van der Waals surface area contributed by atoms with E-state index in [0.29, 0.717) is 12.1 Å². The predicted molar refractivity (Wildman–Crippen MR) is 78.3 cm³/mol. The average Bonchev–Trinajstić information content (AvgIpc) is 2.72. The molecule has 2 atom stereocenters. The molecular formula is C15H30N2O2. The Morgan fingerprint density at radius 1 is 1.47 bits per heavy atom. The second-order valence-electron chi connectivity index (χ2n) is 6.62. The summed E-state index contributed by atoms with van der Waals surface area (Å²) in [5, 5.41) is 3.61. The van der Waals surface area contributed by atoms with Crippen LogP contribution in [0.5, 0.6) is 0 Å². The molecule has 112 valence electrons. The van der Waals surface area contributed by atoms with Gasteiger partial charge in [-0.3, -0.25) is 0 Å². The minimum absolute atomic E-state index is 0.182. The molecule has 1 heterocycles. The van der Waals surface area contributed by atoms with E-state index in [1.165, 1.54) is 19.3 Å². The maximum absolute atomic E-state index is 11.9. The van der Waals surface area contributed by atoms with E-state index in [-0.39, 0.29) is 6.09 Å². The number of hydrogen-bond donors (Lipinski definition) is 1. The molecule has 0 aliphatic carbocycles. The molecule has 0 aromatic heterocycles. The molecule has 1 aliphatic heterocycles. The molecule has 1 fully saturated rings. The van der Waals surface area contributed by atoms with Crippen LogP contribution >= 0.6 is 0 Å². The zero-order valence-electron chi connectivity index (χ0n) is 13.2. The molecule has 0 spiro atoms. The highest BCUT2D eigenvalue weighted by Gasteiger charge is 2.29. The first kappa shape index (κ1) is 16.3. The van der Waals surface area contributed by atoms with Gasteiger partial charge in [0.25, 0.3) is 0 Å². The summed E-state index contributed by atoms with van der Waals surface area (Å²) in [5.41, 5.74) is -0.406. The molecule has 19 heavy (non-hydrogen) atoms. The lowest BCUT2D eigenvalue weighted by Crippen LogP contribution is -2.41. The summed E-state index contributed by atoms with van der Waals surface area (Å²) in [4.78, 5) is 13.8. The van der Waals surface area contributed by atoms with E-state index in [1.54, 1.807) is 0 Å². The van der Waals surface area contributed by atoms with Crippen LogP contribution in [-0.4, -0.2) is 41.8 Å². The van der Waals surface area contributed by atoms with Crippen molar-refractivity contribution in [3.05, 3.63) is 0 Å². The maximum atomic E-state index is 11.9. The first-order chi connectivity index (χ1) is 8.81. The van der Waals surface area contributed by atoms with Crippen LogP contribution in [0.4, 0.5) is 4.79 Å². The van der Waals surface area contributed by atoms with Crippen LogP contribution in [0.3, 0.4) is 0 Å². The van der Waals surface area contributed by atoms with E-state index in [2.05, 4.69) is 19.2 Å². The van der Waals surface area contributed by atoms with Crippen LogP contribution in [0.25, 0.3) is 0 Å². The van der Waals surface area contributed by atoms with Crippen LogP contribution in [0.1, 0.15) is 60.3 Å². The quantitative estimate of drug-likeness (QED) is 0.834. The number of ether oxygens (including phenoxy) is 1. The molecule has 1 saturated heterocycles. The molecule has 1 aliphatic rings. The van der Waals surface area contributed by atoms with E-state index >= 15 is 0 Å². The van der Waals surface area contributed by atoms with Crippen LogP contribution in [0, 0.1) is 0 Å². The monoisotopic (exact) mass is 270 g/mol. The zero-order valence-corrected chi connectivity index (χ0v) is 13.2. The summed E-state index contributed by atoms with van der Waals surface area (Å²) in [6.45, 7) is 11.7. The molecule has 0 aromatic carbocycles. The fraction of sp³-hybridized carbons (Fsp3) is 0.933. The van der Waals surface area contributed by atoms with Gasteiger partial charge in [-0.1, -0.05) is 19.8 Å². The van der Waals surface area contributed by atoms with Crippen molar-refractivity contribution in [3.8, 4) is 0 Å². The van der Waals surface area contributed by atoms with Crippen molar-refractivity contribution in [1.29, 1.82) is 0 Å². The van der Waals surface area contributed by atoms with E-state index in [9.17, 15) is 4.79 Å². The van der Waals surface area contributed by atoms with Crippen molar-refractivity contribution in [2.45, 2.75) is 78.0 Å². The van der Waals surface area contributed by atoms with Gasteiger partial charge < -0.3 is 15.0 Å². The number of nitrogens with zero attached hydrogens (tertiary/aromatic N) is 1. The summed E-state index contributed by atoms with van der Waals surface area (Å²) in [6.07, 6.45) is 4.55. The third kappa shape index (κ3) is 6.28. The molecule has 0 radical (unpaired) electrons. The molecule has 4 heteroatoms. The number of rotatable bonds is 5. The van der Waals surface area contributed by atoms with Gasteiger partial charge in [0.2, 0.25) is 0 Å². The predicted octanol–water partition coefficient (Wildman–Crippen LogP) is 3.16. The minimum atomic E-state index is -0.406. The molecule has 4 nitrogen and oxygen atoms in total. The van der Waals surface area contributed by atoms with Gasteiger partial charge >= 0.3 is 6.09 Å². The van der Waals surface area contributed by atoms with Crippen LogP contribution in [0.2, 0.25) is 0 Å². The largest absolute Gasteiger partial charge is 0.444 e. The van der Waals surface area contributed by atoms with E-state index < -0.39 is 5.60 Å². The van der Waals surface area contributed by atoms with Gasteiger partial charge in [0, 0.05) is 25.2 Å². The van der Waals surface area contributed by atoms with Gasteiger partial charge in [-0.2, -0.15) is 0 Å². The van der Waals surface area contributed by atoms with Gasteiger partial charge in [-0.15, -0.1) is 0 Å². The van der Waals surface area contributed by atoms with Gasteiger partial charge in [0.1, 0.15) is 5.60 Å². The molecule has 1 N–H and O–H groups in total. The van der Waals surface area contributed by atoms with E-state index in [4.69, 9.17) is 4.74 Å². The Balaban J connectivity index is 2.31. The van der Waals surface area contributed by atoms with E-state index in [0.717, 1.165) is 19.5 Å². The molecule has 0 aromatic rings. The standard InChI is InChI=1S/C15H30N2O2/c1-6-7-8-12(2)16-13-9-10-17(11-13)14(18)19-15(3,4)5/h12-13,16H,6-11H2,1-5H3. The summed E-state index contributed by atoms with van der Waals surface area (Å²) in [7, 11) is 0. The lowest BCUT2D eigenvalue weighted by atomic mass is 10.1. The number of carbonyl (C=O) groups excluding carboxylic acids is 1. The van der Waals surface area contributed by atoms with Crippen LogP contribution in [0.15, 0.2) is 0 Å². The second-order valence-corrected chi connectivity index (χ2v) is 6.62. The zero-order chi connectivity index (χ0) is 14.5. The third-order valence-electron chi connectivity index (χ3n) is 3.35. The average molecular weight is 270 g/mol. The van der Waals surface area contributed by atoms with Crippen molar-refractivity contribution >= 4 is 6.09 Å². The number of unbranched alkanes of at least 4 members (excludes halogenated alkanes) is 1. The molecule has 0 bridgehead atoms. The summed E-state index contributed by atoms with van der Waals surface area (Å²) >= 11 is 0. The third-order valence-corrected chi connectivity index (χ3v) is 3.35. The number of carbonyl (C=O) groups is 1. The fourth-order valence-corrected chi connectivity index (χ4v) is 2.38. The SMILES string of the molecule is CCCCC(C)NC1CCN(C(=O)OC(C)(C)C)C1. The number of likely N-dealkylation sites (tertiary alicyclic amines) is 1. The summed E-state index contributed by atoms with van der Waals surface area (Å²) in [5.74, 6) is 0. The summed E-state index contributed by atoms with van der Waals surface area (Å²) in [6, 6.07) is 0.947. The van der Waals surface area contributed by atoms with Crippen molar-refractivity contribution < 1.29 is 9.53 Å². The lowest BCUT2D eigenvalue weighted by molar-refractivity contribution is 0.0290. The lowest BCUT2D eigenvalue weighted by Gasteiger charge is -2.25. The molecule has 1 rings (SSSR count). The highest BCUT2D eigenvalue weighted by Crippen LogP contribution is 2.16. The molecule has 0 saturated carbocycles. The van der Waals surface area contributed by atoms with E-state index in [1.807, 2.05) is 25.7 Å². The Morgan fingerprint density at radius 3 is 2.74 bits per heavy atom. The van der Waals surface area contributed by atoms with Crippen molar-refractivity contribution in [2.75, 3.05) is 13.1 Å². The van der Waals surface area contributed by atoms with Gasteiger partial charge in [0.15, 0.2) is 0 Å². The minimum Gasteiger partial charge on any atom is -0.444 e. The maximum Gasteiger partial charge on any atom is 0.410 e. The Morgan fingerprint density at radius 2 is 2.16 bits per heavy atom. The van der Waals surface area contributed by atoms with Crippen LogP contribution in [-0.2, 0) is 4.74 Å². The smallest absolute Gasteiger partial charge is 0.410 e. The first-order valence-electron chi connectivity index (χ1n) is 7.55. The highest BCUT2D eigenvalue weighted by molar-refractivity contribution is 5.68. The molecule has 1 amide bonds. The number of amides is 1. The van der Waals surface area contributed by atoms with Gasteiger partial charge in [-0.25, -0.2) is 4.79 Å². The Hall–Kier alpha value is -0.770. The molecular weight excluding hydrogens is 240 g/mol. The Kier molecular flexibility index (Phi) is 6.11. The van der Waals surface area contributed by atoms with Crippen LogP contribution < -0.4 is 5.32 Å². The second kappa shape index (κ2) is 7.13.